The summed E-state index contributed by atoms with van der Waals surface area (Å²) >= 11 is 0. The van der Waals surface area contributed by atoms with E-state index in [-0.39, 0.29) is 0 Å². The van der Waals surface area contributed by atoms with Crippen molar-refractivity contribution in [3.05, 3.63) is 43.4 Å². The fourth-order valence-corrected chi connectivity index (χ4v) is 0.636. The van der Waals surface area contributed by atoms with Crippen LogP contribution in [0.4, 0.5) is 0 Å². The molecule has 0 fully saturated rings. The molecular weight excluding hydrogens is 132 g/mol. The molecule has 0 aromatic rings. The van der Waals surface area contributed by atoms with E-state index < -0.39 is 0 Å². The summed E-state index contributed by atoms with van der Waals surface area (Å²) in [6.45, 7) is 5.87. The molecule has 11 heavy (non-hydrogen) atoms. The van der Waals surface area contributed by atoms with Gasteiger partial charge in [0.2, 0.25) is 0 Å². The predicted octanol–water partition coefficient (Wildman–Crippen LogP) is 3.68. The maximum absolute atomic E-state index is 3.74. The Morgan fingerprint density at radius 3 is 2.18 bits per heavy atom. The lowest BCUT2D eigenvalue weighted by molar-refractivity contribution is 1.05. The molecule has 0 aromatic carbocycles. The van der Waals surface area contributed by atoms with Crippen LogP contribution in [-0.2, 0) is 0 Å². The summed E-state index contributed by atoms with van der Waals surface area (Å²) in [6, 6.07) is 0. The SMILES string of the molecule is [CH2]CCC=CC=CC=CCC. The average molecular weight is 149 g/mol. The summed E-state index contributed by atoms with van der Waals surface area (Å²) < 4.78 is 0. The van der Waals surface area contributed by atoms with Crippen LogP contribution in [0.3, 0.4) is 0 Å². The minimum Gasteiger partial charge on any atom is -0.0848 e. The Balaban J connectivity index is 3.35. The molecule has 0 unspecified atom stereocenters. The van der Waals surface area contributed by atoms with Crippen LogP contribution < -0.4 is 0 Å². The lowest BCUT2D eigenvalue weighted by Gasteiger charge is -1.79. The average Bonchev–Trinajstić information content (AvgIpc) is 2.03. The molecule has 0 amide bonds. The Morgan fingerprint density at radius 1 is 1.00 bits per heavy atom. The Labute approximate surface area is 70.3 Å². The van der Waals surface area contributed by atoms with E-state index in [2.05, 4.69) is 38.2 Å². The zero-order valence-corrected chi connectivity index (χ0v) is 7.29. The van der Waals surface area contributed by atoms with Crippen LogP contribution in [0.25, 0.3) is 0 Å². The Kier molecular flexibility index (Phi) is 8.57. The largest absolute Gasteiger partial charge is 0.0848 e. The van der Waals surface area contributed by atoms with Gasteiger partial charge in [-0.05, 0) is 19.3 Å². The van der Waals surface area contributed by atoms with Gasteiger partial charge in [-0.3, -0.25) is 0 Å². The van der Waals surface area contributed by atoms with Crippen LogP contribution in [0.15, 0.2) is 36.5 Å². The molecule has 0 heterocycles. The Morgan fingerprint density at radius 2 is 1.64 bits per heavy atom. The highest BCUT2D eigenvalue weighted by molar-refractivity contribution is 5.10. The van der Waals surface area contributed by atoms with Crippen molar-refractivity contribution in [2.24, 2.45) is 0 Å². The first kappa shape index (κ1) is 10.2. The third-order valence-corrected chi connectivity index (χ3v) is 1.21. The molecule has 0 heteroatoms. The zero-order valence-electron chi connectivity index (χ0n) is 7.29. The first-order valence-electron chi connectivity index (χ1n) is 4.19. The van der Waals surface area contributed by atoms with Crippen molar-refractivity contribution in [3.63, 3.8) is 0 Å². The van der Waals surface area contributed by atoms with Crippen LogP contribution in [0.2, 0.25) is 0 Å². The zero-order chi connectivity index (χ0) is 8.36. The van der Waals surface area contributed by atoms with Gasteiger partial charge in [0.15, 0.2) is 0 Å². The molecule has 0 aliphatic carbocycles. The fourth-order valence-electron chi connectivity index (χ4n) is 0.636. The third kappa shape index (κ3) is 9.22. The lowest BCUT2D eigenvalue weighted by atomic mass is 10.3. The first-order valence-corrected chi connectivity index (χ1v) is 4.19. The van der Waals surface area contributed by atoms with Crippen molar-refractivity contribution in [2.45, 2.75) is 26.2 Å². The molecule has 0 aliphatic heterocycles. The second-order valence-corrected chi connectivity index (χ2v) is 2.29. The van der Waals surface area contributed by atoms with Crippen molar-refractivity contribution in [3.8, 4) is 0 Å². The van der Waals surface area contributed by atoms with Crippen LogP contribution in [0.5, 0.6) is 0 Å². The van der Waals surface area contributed by atoms with Gasteiger partial charge in [0.05, 0.1) is 0 Å². The number of rotatable bonds is 5. The summed E-state index contributed by atoms with van der Waals surface area (Å²) in [5.41, 5.74) is 0. The molecule has 61 valence electrons. The summed E-state index contributed by atoms with van der Waals surface area (Å²) in [5.74, 6) is 0. The van der Waals surface area contributed by atoms with Crippen LogP contribution in [0, 0.1) is 6.92 Å². The summed E-state index contributed by atoms with van der Waals surface area (Å²) in [7, 11) is 0. The molecule has 0 saturated heterocycles. The van der Waals surface area contributed by atoms with Crippen LogP contribution in [0.1, 0.15) is 26.2 Å². The number of hydrogen-bond acceptors (Lipinski definition) is 0. The van der Waals surface area contributed by atoms with E-state index in [1.807, 2.05) is 12.2 Å². The van der Waals surface area contributed by atoms with Gasteiger partial charge in [0, 0.05) is 0 Å². The van der Waals surface area contributed by atoms with Gasteiger partial charge in [0.1, 0.15) is 0 Å². The van der Waals surface area contributed by atoms with Gasteiger partial charge < -0.3 is 0 Å². The van der Waals surface area contributed by atoms with Gasteiger partial charge in [0.25, 0.3) is 0 Å². The van der Waals surface area contributed by atoms with Crippen molar-refractivity contribution in [1.29, 1.82) is 0 Å². The van der Waals surface area contributed by atoms with Crippen molar-refractivity contribution in [1.82, 2.24) is 0 Å². The Bertz CT molecular complexity index is 138. The minimum absolute atomic E-state index is 0.981. The minimum atomic E-state index is 0.981. The van der Waals surface area contributed by atoms with E-state index in [1.165, 1.54) is 0 Å². The van der Waals surface area contributed by atoms with Gasteiger partial charge in [-0.2, -0.15) is 0 Å². The second-order valence-electron chi connectivity index (χ2n) is 2.29. The van der Waals surface area contributed by atoms with E-state index in [1.54, 1.807) is 0 Å². The standard InChI is InChI=1S/C11H17/c1-3-5-7-9-11-10-8-6-4-2/h6-11H,1,3-5H2,2H3. The molecule has 0 aliphatic rings. The molecule has 0 N–H and O–H groups in total. The number of unbranched alkanes of at least 4 members (excludes halogenated alkanes) is 1. The number of hydrogen-bond donors (Lipinski definition) is 0. The molecule has 0 spiro atoms. The van der Waals surface area contributed by atoms with E-state index >= 15 is 0 Å². The maximum Gasteiger partial charge on any atom is -0.0348 e. The highest BCUT2D eigenvalue weighted by atomic mass is 13.7. The summed E-state index contributed by atoms with van der Waals surface area (Å²) in [6.07, 6.45) is 15.6. The molecule has 0 saturated carbocycles. The molecular formula is C11H17. The van der Waals surface area contributed by atoms with Gasteiger partial charge >= 0.3 is 0 Å². The lowest BCUT2D eigenvalue weighted by Crippen LogP contribution is -1.59. The topological polar surface area (TPSA) is 0 Å². The van der Waals surface area contributed by atoms with Gasteiger partial charge in [-0.1, -0.05) is 50.3 Å². The normalized spacial score (nSPS) is 12.5. The van der Waals surface area contributed by atoms with Crippen LogP contribution >= 0.6 is 0 Å². The third-order valence-electron chi connectivity index (χ3n) is 1.21. The van der Waals surface area contributed by atoms with E-state index in [0.717, 1.165) is 19.3 Å². The van der Waals surface area contributed by atoms with Crippen LogP contribution in [-0.4, -0.2) is 0 Å². The summed E-state index contributed by atoms with van der Waals surface area (Å²) in [5, 5.41) is 0. The first-order chi connectivity index (χ1) is 5.41. The molecule has 0 atom stereocenters. The molecule has 0 aromatic heterocycles. The highest BCUT2D eigenvalue weighted by Crippen LogP contribution is 1.89. The molecule has 0 bridgehead atoms. The van der Waals surface area contributed by atoms with E-state index in [9.17, 15) is 0 Å². The molecule has 1 radical (unpaired) electrons. The quantitative estimate of drug-likeness (QED) is 0.523. The molecule has 0 rings (SSSR count). The smallest absolute Gasteiger partial charge is 0.0348 e. The predicted molar refractivity (Wildman–Crippen MR) is 52.3 cm³/mol. The van der Waals surface area contributed by atoms with Crippen molar-refractivity contribution in [2.75, 3.05) is 0 Å². The monoisotopic (exact) mass is 149 g/mol. The van der Waals surface area contributed by atoms with Gasteiger partial charge in [-0.25, -0.2) is 0 Å². The molecule has 0 nitrogen and oxygen atoms in total. The fraction of sp³-hybridized carbons (Fsp3) is 0.364. The Hall–Kier alpha value is -0.780. The summed E-state index contributed by atoms with van der Waals surface area (Å²) in [4.78, 5) is 0. The van der Waals surface area contributed by atoms with Gasteiger partial charge in [-0.15, -0.1) is 0 Å². The van der Waals surface area contributed by atoms with Crippen molar-refractivity contribution < 1.29 is 0 Å². The maximum atomic E-state index is 3.74. The van der Waals surface area contributed by atoms with Crippen molar-refractivity contribution >= 4 is 0 Å². The second kappa shape index (κ2) is 9.22. The number of allylic oxidation sites excluding steroid dienone is 6. The highest BCUT2D eigenvalue weighted by Gasteiger charge is 1.68. The van der Waals surface area contributed by atoms with E-state index in [4.69, 9.17) is 0 Å². The van der Waals surface area contributed by atoms with E-state index in [0.29, 0.717) is 0 Å².